The number of carboxylic acids is 1. The average molecular weight is 1170 g/mol. The van der Waals surface area contributed by atoms with E-state index in [1.54, 1.807) is 65.2 Å². The lowest BCUT2D eigenvalue weighted by molar-refractivity contribution is -0.318. The van der Waals surface area contributed by atoms with Crippen LogP contribution in [0.25, 0.3) is 10.9 Å². The molecule has 22 nitrogen and oxygen atoms in total. The number of methoxy groups -OCH3 is 1. The van der Waals surface area contributed by atoms with E-state index in [1.807, 2.05) is 51.7 Å². The number of ether oxygens (including phenoxy) is 9. The van der Waals surface area contributed by atoms with Crippen LogP contribution in [0.2, 0.25) is 5.02 Å². The van der Waals surface area contributed by atoms with Crippen molar-refractivity contribution in [2.24, 2.45) is 17.8 Å². The number of benzene rings is 1. The topological polar surface area (TPSA) is 276 Å². The molecule has 0 unspecified atom stereocenters. The molecule has 0 amide bonds. The van der Waals surface area contributed by atoms with Crippen LogP contribution in [0.4, 0.5) is 5.69 Å². The number of carbonyl (C=O) groups is 3. The van der Waals surface area contributed by atoms with Gasteiger partial charge in [0.2, 0.25) is 5.43 Å². The number of halogens is 1. The Morgan fingerprint density at radius 3 is 2.21 bits per heavy atom. The molecule has 3 aliphatic heterocycles. The van der Waals surface area contributed by atoms with Crippen LogP contribution in [-0.4, -0.2) is 216 Å². The number of likely N-dealkylation sites (N-methyl/N-ethyl adjacent to an activating group) is 2. The molecule has 0 saturated carbocycles. The van der Waals surface area contributed by atoms with Gasteiger partial charge in [0.15, 0.2) is 18.7 Å². The molecule has 0 radical (unpaired) electrons. The third kappa shape index (κ3) is 16.9. The second kappa shape index (κ2) is 29.5. The first-order valence-corrected chi connectivity index (χ1v) is 29.0. The molecule has 3 saturated heterocycles. The number of pyridine rings is 1. The number of aromatic carboxylic acids is 1. The molecule has 462 valence electrons. The second-order valence-electron chi connectivity index (χ2n) is 23.8. The fraction of sp³-hybridized carbons (Fsp3) is 0.793. The zero-order valence-corrected chi connectivity index (χ0v) is 51.1. The van der Waals surface area contributed by atoms with Crippen LogP contribution in [0.1, 0.15) is 125 Å². The minimum absolute atomic E-state index is 0.0188. The Morgan fingerprint density at radius 1 is 0.926 bits per heavy atom. The first-order valence-electron chi connectivity index (χ1n) is 28.7. The number of fused-ring (bicyclic) bond motifs is 1. The third-order valence-electron chi connectivity index (χ3n) is 16.7. The maximum absolute atomic E-state index is 14.6. The summed E-state index contributed by atoms with van der Waals surface area (Å²) in [5, 5.41) is 61.5. The number of rotatable bonds is 21. The minimum Gasteiger partial charge on any atom is -0.477 e. The maximum atomic E-state index is 14.6. The van der Waals surface area contributed by atoms with E-state index < -0.39 is 113 Å². The zero-order valence-electron chi connectivity index (χ0n) is 50.3. The molecular weight excluding hydrogens is 1080 g/mol. The molecule has 0 aliphatic carbocycles. The summed E-state index contributed by atoms with van der Waals surface area (Å²) < 4.78 is 57.9. The molecule has 3 fully saturated rings. The van der Waals surface area contributed by atoms with E-state index in [4.69, 9.17) is 54.2 Å². The highest BCUT2D eigenvalue weighted by Crippen LogP contribution is 2.41. The van der Waals surface area contributed by atoms with Gasteiger partial charge in [0.25, 0.3) is 0 Å². The Hall–Kier alpha value is -3.59. The van der Waals surface area contributed by atoms with Gasteiger partial charge in [0, 0.05) is 62.7 Å². The highest BCUT2D eigenvalue weighted by Gasteiger charge is 2.54. The van der Waals surface area contributed by atoms with Gasteiger partial charge in [-0.25, -0.2) is 4.79 Å². The number of aryl methyl sites for hydroxylation is 1. The largest absolute Gasteiger partial charge is 0.477 e. The molecule has 18 atom stereocenters. The highest BCUT2D eigenvalue weighted by atomic mass is 35.5. The summed E-state index contributed by atoms with van der Waals surface area (Å²) in [6.45, 7) is 21.2. The summed E-state index contributed by atoms with van der Waals surface area (Å²) in [5.41, 5.74) is -4.62. The standard InChI is InChI=1S/C58H95ClN4O18/c1-16-20-63-31-39(53(68)69)47(65)38-26-41(40(59)27-42(38)63)60-19-22-75-24-23-74-21-18-45(64)79-52-37(8)77-46(29-57(52,10)73-15)80-49-34(5)51(81-55-48(66)43(61(12)13)25-33(4)76-55)56(9,71)28-32(3)30-62(14)36(7)50(67)58(11,72)44(17-2)78-54(70)35(49)6/h26-27,31-37,43-44,46,48-52,55,60,66-67,71-72H,16-25,28-30H2,1-15H3,(H,68,69)/t32-,33-,34+,35-,36-,37+,43+,44-,46+,48-,49+,50-,51-,52+,55+,56-,57-,58-/m1/s1. The third-order valence-corrected chi connectivity index (χ3v) is 17.0. The molecule has 81 heavy (non-hydrogen) atoms. The number of hydrogen-bond acceptors (Lipinski definition) is 20. The molecular formula is C58H95ClN4O18. The fourth-order valence-corrected chi connectivity index (χ4v) is 12.2. The van der Waals surface area contributed by atoms with E-state index in [-0.39, 0.29) is 81.1 Å². The van der Waals surface area contributed by atoms with Crippen molar-refractivity contribution in [3.05, 3.63) is 39.1 Å². The summed E-state index contributed by atoms with van der Waals surface area (Å²) in [6, 6.07) is 2.27. The predicted octanol–water partition coefficient (Wildman–Crippen LogP) is 5.06. The lowest BCUT2D eigenvalue weighted by Crippen LogP contribution is -2.61. The Balaban J connectivity index is 1.26. The molecule has 1 aromatic carbocycles. The van der Waals surface area contributed by atoms with Gasteiger partial charge < -0.3 is 87.8 Å². The van der Waals surface area contributed by atoms with Crippen LogP contribution in [-0.2, 0) is 58.8 Å². The van der Waals surface area contributed by atoms with Gasteiger partial charge in [0.1, 0.15) is 35.1 Å². The van der Waals surface area contributed by atoms with Crippen molar-refractivity contribution in [1.29, 1.82) is 0 Å². The van der Waals surface area contributed by atoms with Crippen molar-refractivity contribution < 1.29 is 82.5 Å². The normalized spacial score (nSPS) is 36.0. The Kier molecular flexibility index (Phi) is 24.8. The number of carbonyl (C=O) groups excluding carboxylic acids is 2. The first-order chi connectivity index (χ1) is 37.9. The summed E-state index contributed by atoms with van der Waals surface area (Å²) in [4.78, 5) is 56.6. The number of hydrogen-bond donors (Lipinski definition) is 6. The molecule has 5 rings (SSSR count). The minimum atomic E-state index is -1.87. The number of aliphatic hydroxyl groups is 4. The van der Waals surface area contributed by atoms with Gasteiger partial charge >= 0.3 is 17.9 Å². The number of cyclic esters (lactones) is 1. The SMILES string of the molecule is CCCn1cc(C(=O)O)c(=O)c2cc(NCCOCCOCCC(=O)O[C@H]3[C@H](C)O[C@@H](O[C@H]4[C@H](C)[C@@H](O[C@@H]5O[C@H](C)C[C@H](N(C)C)[C@H]5O)[C@](C)(O)C[C@@H](C)CN(C)[C@H](C)[C@@H](O)[C@](C)(O)[C@@H](CC)OC(=O)[C@@H]4C)C[C@@]3(C)OC)c(Cl)cc21. The van der Waals surface area contributed by atoms with E-state index in [0.29, 0.717) is 42.3 Å². The van der Waals surface area contributed by atoms with E-state index >= 15 is 0 Å². The van der Waals surface area contributed by atoms with Gasteiger partial charge in [-0.3, -0.25) is 14.4 Å². The monoisotopic (exact) mass is 1170 g/mol. The number of nitrogens with one attached hydrogen (secondary N) is 1. The number of aliphatic hydroxyl groups excluding tert-OH is 2. The first kappa shape index (κ1) is 68.2. The molecule has 3 aliphatic rings. The molecule has 2 aromatic rings. The molecule has 4 heterocycles. The number of esters is 2. The maximum Gasteiger partial charge on any atom is 0.341 e. The van der Waals surface area contributed by atoms with Crippen molar-refractivity contribution in [3.8, 4) is 0 Å². The van der Waals surface area contributed by atoms with Gasteiger partial charge in [0.05, 0.1) is 85.0 Å². The lowest BCUT2D eigenvalue weighted by atomic mass is 9.77. The van der Waals surface area contributed by atoms with E-state index in [9.17, 15) is 44.7 Å². The van der Waals surface area contributed by atoms with Crippen molar-refractivity contribution in [2.75, 3.05) is 73.1 Å². The van der Waals surface area contributed by atoms with Crippen molar-refractivity contribution in [3.63, 3.8) is 0 Å². The molecule has 23 heteroatoms. The smallest absolute Gasteiger partial charge is 0.341 e. The van der Waals surface area contributed by atoms with Crippen LogP contribution >= 0.6 is 11.6 Å². The summed E-state index contributed by atoms with van der Waals surface area (Å²) >= 11 is 6.56. The summed E-state index contributed by atoms with van der Waals surface area (Å²) in [5.74, 6) is -4.79. The van der Waals surface area contributed by atoms with Crippen LogP contribution in [0.3, 0.4) is 0 Å². The Labute approximate surface area is 482 Å². The van der Waals surface area contributed by atoms with E-state index in [1.165, 1.54) is 20.2 Å². The molecule has 0 spiro atoms. The van der Waals surface area contributed by atoms with Crippen LogP contribution in [0, 0.1) is 17.8 Å². The molecule has 6 N–H and O–H groups in total. The quantitative estimate of drug-likeness (QED) is 0.0704. The van der Waals surface area contributed by atoms with Crippen molar-refractivity contribution in [1.82, 2.24) is 14.4 Å². The second-order valence-corrected chi connectivity index (χ2v) is 24.2. The Morgan fingerprint density at radius 2 is 1.59 bits per heavy atom. The fourth-order valence-electron chi connectivity index (χ4n) is 12.0. The highest BCUT2D eigenvalue weighted by molar-refractivity contribution is 6.34. The van der Waals surface area contributed by atoms with Gasteiger partial charge in [-0.15, -0.1) is 0 Å². The number of aromatic nitrogens is 1. The van der Waals surface area contributed by atoms with E-state index in [2.05, 4.69) is 5.32 Å². The average Bonchev–Trinajstić information content (AvgIpc) is 3.60. The Bertz CT molecular complexity index is 2450. The van der Waals surface area contributed by atoms with Gasteiger partial charge in [-0.1, -0.05) is 39.3 Å². The summed E-state index contributed by atoms with van der Waals surface area (Å²) in [6.07, 6.45) is -7.29. The van der Waals surface area contributed by atoms with Crippen LogP contribution < -0.4 is 10.7 Å². The van der Waals surface area contributed by atoms with Crippen LogP contribution in [0.5, 0.6) is 0 Å². The molecule has 1 aromatic heterocycles. The van der Waals surface area contributed by atoms with Crippen molar-refractivity contribution in [2.45, 2.75) is 212 Å². The van der Waals surface area contributed by atoms with Crippen molar-refractivity contribution >= 4 is 46.1 Å². The predicted molar refractivity (Wildman–Crippen MR) is 303 cm³/mol. The van der Waals surface area contributed by atoms with Crippen LogP contribution in [0.15, 0.2) is 23.1 Å². The lowest BCUT2D eigenvalue weighted by Gasteiger charge is -2.49. The van der Waals surface area contributed by atoms with E-state index in [0.717, 1.165) is 6.42 Å². The molecule has 0 bridgehead atoms. The van der Waals surface area contributed by atoms with Gasteiger partial charge in [-0.2, -0.15) is 0 Å². The number of nitrogens with zero attached hydrogens (tertiary/aromatic N) is 3. The zero-order chi connectivity index (χ0) is 60.5. The number of anilines is 1. The summed E-state index contributed by atoms with van der Waals surface area (Å²) in [7, 11) is 7.04. The number of carboxylic acid groups (broad SMARTS) is 1. The van der Waals surface area contributed by atoms with Gasteiger partial charge in [-0.05, 0) is 113 Å².